The number of unbranched alkanes of at least 4 members (excludes halogenated alkanes) is 1. The molecule has 1 rings (SSSR count). The summed E-state index contributed by atoms with van der Waals surface area (Å²) in [5.41, 5.74) is 1.22. The maximum Gasteiger partial charge on any atom is 0.316 e. The van der Waals surface area contributed by atoms with Crippen molar-refractivity contribution < 1.29 is 14.6 Å². The predicted octanol–water partition coefficient (Wildman–Crippen LogP) is 3.36. The van der Waals surface area contributed by atoms with E-state index in [2.05, 4.69) is 0 Å². The van der Waals surface area contributed by atoms with Gasteiger partial charge in [-0.25, -0.2) is 0 Å². The van der Waals surface area contributed by atoms with E-state index in [1.54, 1.807) is 6.92 Å². The Morgan fingerprint density at radius 1 is 1.33 bits per heavy atom. The molecule has 1 N–H and O–H groups in total. The van der Waals surface area contributed by atoms with E-state index in [-0.39, 0.29) is 5.25 Å². The Balaban J connectivity index is 2.05. The summed E-state index contributed by atoms with van der Waals surface area (Å²) in [6.45, 7) is 4.45. The Labute approximate surface area is 113 Å². The van der Waals surface area contributed by atoms with Crippen LogP contribution >= 0.6 is 11.8 Å². The fraction of sp³-hybridized carbons (Fsp3) is 0.500. The van der Waals surface area contributed by atoms with Gasteiger partial charge in [0.1, 0.15) is 5.75 Å². The minimum Gasteiger partial charge on any atom is -0.494 e. The van der Waals surface area contributed by atoms with E-state index in [9.17, 15) is 4.79 Å². The van der Waals surface area contributed by atoms with Crippen LogP contribution in [0.25, 0.3) is 0 Å². The molecule has 1 atom stereocenters. The minimum absolute atomic E-state index is 0.317. The molecule has 0 heterocycles. The van der Waals surface area contributed by atoms with Gasteiger partial charge in [-0.1, -0.05) is 17.7 Å². The third-order valence-electron chi connectivity index (χ3n) is 2.54. The molecule has 3 nitrogen and oxygen atoms in total. The molecule has 0 amide bonds. The second kappa shape index (κ2) is 8.03. The zero-order valence-electron chi connectivity index (χ0n) is 10.9. The summed E-state index contributed by atoms with van der Waals surface area (Å²) in [5.74, 6) is 1.02. The molecule has 100 valence electrons. The number of carbonyl (C=O) groups is 1. The van der Waals surface area contributed by atoms with Gasteiger partial charge >= 0.3 is 5.97 Å². The molecule has 0 aliphatic rings. The van der Waals surface area contributed by atoms with Crippen molar-refractivity contribution >= 4 is 17.7 Å². The fourth-order valence-electron chi connectivity index (χ4n) is 1.36. The third-order valence-corrected chi connectivity index (χ3v) is 3.77. The molecule has 0 radical (unpaired) electrons. The normalized spacial score (nSPS) is 12.1. The van der Waals surface area contributed by atoms with Crippen LogP contribution in [-0.2, 0) is 4.79 Å². The van der Waals surface area contributed by atoms with E-state index >= 15 is 0 Å². The molecule has 0 aromatic heterocycles. The van der Waals surface area contributed by atoms with E-state index < -0.39 is 5.97 Å². The second-order valence-corrected chi connectivity index (χ2v) is 5.67. The third kappa shape index (κ3) is 5.96. The summed E-state index contributed by atoms with van der Waals surface area (Å²) in [5, 5.41) is 8.39. The Bertz CT molecular complexity index is 362. The van der Waals surface area contributed by atoms with E-state index in [1.807, 2.05) is 31.2 Å². The number of benzene rings is 1. The van der Waals surface area contributed by atoms with Gasteiger partial charge in [0.15, 0.2) is 0 Å². The topological polar surface area (TPSA) is 46.5 Å². The molecule has 1 aromatic carbocycles. The first kappa shape index (κ1) is 14.9. The maximum absolute atomic E-state index is 10.6. The van der Waals surface area contributed by atoms with Crippen molar-refractivity contribution in [3.8, 4) is 5.75 Å². The van der Waals surface area contributed by atoms with Gasteiger partial charge in [0.25, 0.3) is 0 Å². The zero-order chi connectivity index (χ0) is 13.4. The van der Waals surface area contributed by atoms with Crippen LogP contribution in [0.5, 0.6) is 5.75 Å². The van der Waals surface area contributed by atoms with Gasteiger partial charge in [-0.2, -0.15) is 0 Å². The van der Waals surface area contributed by atoms with Gasteiger partial charge in [-0.15, -0.1) is 11.8 Å². The van der Waals surface area contributed by atoms with E-state index in [1.165, 1.54) is 17.3 Å². The van der Waals surface area contributed by atoms with Crippen LogP contribution in [0.3, 0.4) is 0 Å². The predicted molar refractivity (Wildman–Crippen MR) is 75.5 cm³/mol. The van der Waals surface area contributed by atoms with Gasteiger partial charge < -0.3 is 9.84 Å². The first-order valence-electron chi connectivity index (χ1n) is 6.13. The molecule has 0 bridgehead atoms. The number of carboxylic acids is 1. The van der Waals surface area contributed by atoms with Crippen LogP contribution in [0.2, 0.25) is 0 Å². The fourth-order valence-corrected chi connectivity index (χ4v) is 2.23. The standard InChI is InChI=1S/C14H20O3S/c1-11-5-7-13(8-6-11)17-9-3-4-10-18-12(2)14(15)16/h5-8,12H,3-4,9-10H2,1-2H3,(H,15,16). The molecule has 1 unspecified atom stereocenters. The first-order valence-corrected chi connectivity index (χ1v) is 7.18. The minimum atomic E-state index is -0.740. The Hall–Kier alpha value is -1.16. The summed E-state index contributed by atoms with van der Waals surface area (Å²) in [7, 11) is 0. The summed E-state index contributed by atoms with van der Waals surface area (Å²) in [6, 6.07) is 7.99. The van der Waals surface area contributed by atoms with E-state index in [0.717, 1.165) is 24.3 Å². The summed E-state index contributed by atoms with van der Waals surface area (Å²) >= 11 is 1.48. The quantitative estimate of drug-likeness (QED) is 0.734. The van der Waals surface area contributed by atoms with E-state index in [4.69, 9.17) is 9.84 Å². The van der Waals surface area contributed by atoms with Crippen LogP contribution < -0.4 is 4.74 Å². The monoisotopic (exact) mass is 268 g/mol. The number of ether oxygens (including phenoxy) is 1. The lowest BCUT2D eigenvalue weighted by molar-refractivity contribution is -0.136. The van der Waals surface area contributed by atoms with Gasteiger partial charge in [0.2, 0.25) is 0 Å². The lowest BCUT2D eigenvalue weighted by Gasteiger charge is -2.07. The van der Waals surface area contributed by atoms with Crippen molar-refractivity contribution in [2.75, 3.05) is 12.4 Å². The lowest BCUT2D eigenvalue weighted by atomic mass is 10.2. The van der Waals surface area contributed by atoms with Crippen LogP contribution in [0.15, 0.2) is 24.3 Å². The highest BCUT2D eigenvalue weighted by Crippen LogP contribution is 2.14. The summed E-state index contributed by atoms with van der Waals surface area (Å²) in [6.07, 6.45) is 1.93. The molecular formula is C14H20O3S. The molecule has 0 saturated heterocycles. The van der Waals surface area contributed by atoms with Gasteiger partial charge in [0, 0.05) is 0 Å². The number of aliphatic carboxylic acids is 1. The van der Waals surface area contributed by atoms with Crippen LogP contribution in [0, 0.1) is 6.92 Å². The summed E-state index contributed by atoms with van der Waals surface area (Å²) < 4.78 is 5.59. The van der Waals surface area contributed by atoms with Crippen molar-refractivity contribution in [1.82, 2.24) is 0 Å². The number of hydrogen-bond donors (Lipinski definition) is 1. The van der Waals surface area contributed by atoms with Gasteiger partial charge in [0.05, 0.1) is 11.9 Å². The molecular weight excluding hydrogens is 248 g/mol. The molecule has 0 spiro atoms. The molecule has 1 aromatic rings. The highest BCUT2D eigenvalue weighted by atomic mass is 32.2. The average molecular weight is 268 g/mol. The molecule has 18 heavy (non-hydrogen) atoms. The Kier molecular flexibility index (Phi) is 6.65. The molecule has 0 aliphatic carbocycles. The van der Waals surface area contributed by atoms with Crippen LogP contribution in [0.4, 0.5) is 0 Å². The smallest absolute Gasteiger partial charge is 0.316 e. The van der Waals surface area contributed by atoms with Crippen molar-refractivity contribution in [3.63, 3.8) is 0 Å². The van der Waals surface area contributed by atoms with Crippen LogP contribution in [-0.4, -0.2) is 28.7 Å². The SMILES string of the molecule is Cc1ccc(OCCCCSC(C)C(=O)O)cc1. The Morgan fingerprint density at radius 3 is 2.61 bits per heavy atom. The largest absolute Gasteiger partial charge is 0.494 e. The van der Waals surface area contributed by atoms with Gasteiger partial charge in [-0.3, -0.25) is 4.79 Å². The number of rotatable bonds is 8. The van der Waals surface area contributed by atoms with Crippen molar-refractivity contribution in [1.29, 1.82) is 0 Å². The van der Waals surface area contributed by atoms with Crippen molar-refractivity contribution in [3.05, 3.63) is 29.8 Å². The second-order valence-electron chi connectivity index (χ2n) is 4.22. The number of hydrogen-bond acceptors (Lipinski definition) is 3. The highest BCUT2D eigenvalue weighted by Gasteiger charge is 2.09. The highest BCUT2D eigenvalue weighted by molar-refractivity contribution is 8.00. The van der Waals surface area contributed by atoms with Crippen LogP contribution in [0.1, 0.15) is 25.3 Å². The van der Waals surface area contributed by atoms with E-state index in [0.29, 0.717) is 6.61 Å². The summed E-state index contributed by atoms with van der Waals surface area (Å²) in [4.78, 5) is 10.6. The average Bonchev–Trinajstić information content (AvgIpc) is 2.35. The Morgan fingerprint density at radius 2 is 2.00 bits per heavy atom. The zero-order valence-corrected chi connectivity index (χ0v) is 11.7. The number of carboxylic acid groups (broad SMARTS) is 1. The number of aryl methyl sites for hydroxylation is 1. The molecule has 0 aliphatic heterocycles. The molecule has 0 saturated carbocycles. The number of thioether (sulfide) groups is 1. The molecule has 4 heteroatoms. The molecule has 0 fully saturated rings. The van der Waals surface area contributed by atoms with Crippen molar-refractivity contribution in [2.45, 2.75) is 31.9 Å². The maximum atomic E-state index is 10.6. The first-order chi connectivity index (χ1) is 8.59. The van der Waals surface area contributed by atoms with Crippen molar-refractivity contribution in [2.24, 2.45) is 0 Å². The lowest BCUT2D eigenvalue weighted by Crippen LogP contribution is -2.12. The van der Waals surface area contributed by atoms with Gasteiger partial charge in [-0.05, 0) is 44.6 Å².